The fourth-order valence-electron chi connectivity index (χ4n) is 2.15. The molecule has 1 aromatic rings. The van der Waals surface area contributed by atoms with Crippen molar-refractivity contribution < 1.29 is 15.0 Å². The number of nitrogens with one attached hydrogen (secondary N) is 1. The van der Waals surface area contributed by atoms with Gasteiger partial charge in [0.15, 0.2) is 0 Å². The lowest BCUT2D eigenvalue weighted by Crippen LogP contribution is -2.57. The molecule has 0 aliphatic heterocycles. The van der Waals surface area contributed by atoms with Gasteiger partial charge in [0.25, 0.3) is 0 Å². The molecule has 1 aliphatic carbocycles. The minimum atomic E-state index is -0.962. The number of rotatable bonds is 3. The number of carboxylic acids is 1. The third kappa shape index (κ3) is 2.24. The standard InChI is InChI=1S/C13H16BrNO3/c1-13(2)10(6-11(13)16)15-9-4-3-7(14)5-8(9)12(17)18/h3-5,10-11,15-16H,6H2,1-2H3,(H,17,18). The normalized spacial score (nSPS) is 25.3. The summed E-state index contributed by atoms with van der Waals surface area (Å²) in [7, 11) is 0. The van der Waals surface area contributed by atoms with Crippen molar-refractivity contribution in [2.45, 2.75) is 32.4 Å². The molecule has 3 N–H and O–H groups in total. The molecule has 2 rings (SSSR count). The molecule has 1 fully saturated rings. The van der Waals surface area contributed by atoms with Gasteiger partial charge in [-0.15, -0.1) is 0 Å². The first kappa shape index (κ1) is 13.4. The number of benzene rings is 1. The fraction of sp³-hybridized carbons (Fsp3) is 0.462. The van der Waals surface area contributed by atoms with Gasteiger partial charge in [-0.25, -0.2) is 4.79 Å². The van der Waals surface area contributed by atoms with Gasteiger partial charge in [0, 0.05) is 21.6 Å². The molecule has 0 saturated heterocycles. The summed E-state index contributed by atoms with van der Waals surface area (Å²) in [6.45, 7) is 3.94. The second-order valence-electron chi connectivity index (χ2n) is 5.26. The molecule has 0 amide bonds. The molecule has 0 bridgehead atoms. The summed E-state index contributed by atoms with van der Waals surface area (Å²) in [6.07, 6.45) is 0.306. The highest BCUT2D eigenvalue weighted by molar-refractivity contribution is 9.10. The van der Waals surface area contributed by atoms with Crippen LogP contribution in [0.3, 0.4) is 0 Å². The van der Waals surface area contributed by atoms with Crippen LogP contribution in [0.1, 0.15) is 30.6 Å². The molecule has 0 aromatic heterocycles. The Morgan fingerprint density at radius 1 is 1.50 bits per heavy atom. The van der Waals surface area contributed by atoms with Gasteiger partial charge < -0.3 is 15.5 Å². The smallest absolute Gasteiger partial charge is 0.337 e. The molecule has 1 saturated carbocycles. The summed E-state index contributed by atoms with van der Waals surface area (Å²) in [4.78, 5) is 11.2. The molecule has 0 heterocycles. The third-order valence-corrected chi connectivity index (χ3v) is 4.25. The second-order valence-corrected chi connectivity index (χ2v) is 6.18. The first-order valence-corrected chi connectivity index (χ1v) is 6.59. The van der Waals surface area contributed by atoms with Crippen LogP contribution in [0.25, 0.3) is 0 Å². The topological polar surface area (TPSA) is 69.6 Å². The molecular formula is C13H16BrNO3. The van der Waals surface area contributed by atoms with Crippen molar-refractivity contribution in [1.29, 1.82) is 0 Å². The zero-order valence-corrected chi connectivity index (χ0v) is 11.9. The number of halogens is 1. The maximum atomic E-state index is 11.2. The predicted molar refractivity (Wildman–Crippen MR) is 72.9 cm³/mol. The van der Waals surface area contributed by atoms with Crippen molar-refractivity contribution in [2.24, 2.45) is 5.41 Å². The summed E-state index contributed by atoms with van der Waals surface area (Å²) < 4.78 is 0.735. The molecule has 18 heavy (non-hydrogen) atoms. The van der Waals surface area contributed by atoms with Crippen LogP contribution in [-0.4, -0.2) is 28.3 Å². The predicted octanol–water partition coefficient (Wildman–Crippen LogP) is 2.72. The molecule has 1 aromatic carbocycles. The molecule has 98 valence electrons. The Kier molecular flexibility index (Phi) is 3.38. The number of carbonyl (C=O) groups is 1. The number of carboxylic acid groups (broad SMARTS) is 1. The molecule has 0 spiro atoms. The summed E-state index contributed by atoms with van der Waals surface area (Å²) >= 11 is 3.26. The maximum Gasteiger partial charge on any atom is 0.337 e. The van der Waals surface area contributed by atoms with E-state index in [2.05, 4.69) is 21.2 Å². The van der Waals surface area contributed by atoms with Gasteiger partial charge in [-0.1, -0.05) is 29.8 Å². The average molecular weight is 314 g/mol. The number of anilines is 1. The molecule has 2 unspecified atom stereocenters. The Morgan fingerprint density at radius 3 is 2.67 bits per heavy atom. The zero-order valence-electron chi connectivity index (χ0n) is 10.3. The van der Waals surface area contributed by atoms with Crippen molar-refractivity contribution in [3.63, 3.8) is 0 Å². The zero-order chi connectivity index (χ0) is 13.5. The Hall–Kier alpha value is -1.07. The Morgan fingerprint density at radius 2 is 2.17 bits per heavy atom. The van der Waals surface area contributed by atoms with Gasteiger partial charge in [0.1, 0.15) is 0 Å². The fourth-order valence-corrected chi connectivity index (χ4v) is 2.52. The Labute approximate surface area is 114 Å². The average Bonchev–Trinajstić information content (AvgIpc) is 2.30. The van der Waals surface area contributed by atoms with Gasteiger partial charge in [0.2, 0.25) is 0 Å². The largest absolute Gasteiger partial charge is 0.478 e. The number of aliphatic hydroxyl groups excluding tert-OH is 1. The molecule has 1 aliphatic rings. The lowest BCUT2D eigenvalue weighted by Gasteiger charge is -2.50. The molecule has 4 nitrogen and oxygen atoms in total. The van der Waals surface area contributed by atoms with Crippen molar-refractivity contribution in [3.05, 3.63) is 28.2 Å². The van der Waals surface area contributed by atoms with Crippen LogP contribution in [-0.2, 0) is 0 Å². The van der Waals surface area contributed by atoms with Crippen LogP contribution in [0, 0.1) is 5.41 Å². The second kappa shape index (κ2) is 4.55. The summed E-state index contributed by atoms with van der Waals surface area (Å²) in [5.41, 5.74) is 0.597. The van der Waals surface area contributed by atoms with Gasteiger partial charge in [-0.05, 0) is 24.6 Å². The van der Waals surface area contributed by atoms with E-state index in [-0.39, 0.29) is 23.1 Å². The van der Waals surface area contributed by atoms with E-state index in [0.29, 0.717) is 12.1 Å². The quantitative estimate of drug-likeness (QED) is 0.802. The van der Waals surface area contributed by atoms with Crippen molar-refractivity contribution in [3.8, 4) is 0 Å². The third-order valence-electron chi connectivity index (χ3n) is 3.76. The minimum Gasteiger partial charge on any atom is -0.478 e. The van der Waals surface area contributed by atoms with Crippen LogP contribution in [0.2, 0.25) is 0 Å². The Bertz CT molecular complexity index is 487. The van der Waals surface area contributed by atoms with E-state index in [1.807, 2.05) is 13.8 Å². The first-order chi connectivity index (χ1) is 8.32. The van der Waals surface area contributed by atoms with E-state index in [1.54, 1.807) is 18.2 Å². The minimum absolute atomic E-state index is 0.0896. The van der Waals surface area contributed by atoms with E-state index in [0.717, 1.165) is 4.47 Å². The highest BCUT2D eigenvalue weighted by Gasteiger charge is 2.47. The number of hydrogen-bond donors (Lipinski definition) is 3. The van der Waals surface area contributed by atoms with Crippen molar-refractivity contribution in [1.82, 2.24) is 0 Å². The molecular weight excluding hydrogens is 298 g/mol. The van der Waals surface area contributed by atoms with Gasteiger partial charge in [-0.3, -0.25) is 0 Å². The first-order valence-electron chi connectivity index (χ1n) is 5.80. The van der Waals surface area contributed by atoms with Crippen molar-refractivity contribution in [2.75, 3.05) is 5.32 Å². The van der Waals surface area contributed by atoms with Gasteiger partial charge in [-0.2, -0.15) is 0 Å². The van der Waals surface area contributed by atoms with E-state index >= 15 is 0 Å². The van der Waals surface area contributed by atoms with E-state index < -0.39 is 5.97 Å². The van der Waals surface area contributed by atoms with Crippen LogP contribution in [0.5, 0.6) is 0 Å². The van der Waals surface area contributed by atoms with E-state index in [4.69, 9.17) is 5.11 Å². The number of aromatic carboxylic acids is 1. The van der Waals surface area contributed by atoms with E-state index in [9.17, 15) is 9.90 Å². The molecule has 0 radical (unpaired) electrons. The molecule has 2 atom stereocenters. The van der Waals surface area contributed by atoms with Gasteiger partial charge in [0.05, 0.1) is 11.7 Å². The Balaban J connectivity index is 2.23. The van der Waals surface area contributed by atoms with Crippen molar-refractivity contribution >= 4 is 27.6 Å². The monoisotopic (exact) mass is 313 g/mol. The summed E-state index contributed by atoms with van der Waals surface area (Å²) in [6, 6.07) is 5.21. The van der Waals surface area contributed by atoms with Crippen LogP contribution >= 0.6 is 15.9 Å². The van der Waals surface area contributed by atoms with Crippen LogP contribution in [0.4, 0.5) is 5.69 Å². The lowest BCUT2D eigenvalue weighted by atomic mass is 9.64. The number of aliphatic hydroxyl groups is 1. The van der Waals surface area contributed by atoms with E-state index in [1.165, 1.54) is 0 Å². The maximum absolute atomic E-state index is 11.2. The van der Waals surface area contributed by atoms with Crippen LogP contribution < -0.4 is 5.32 Å². The highest BCUT2D eigenvalue weighted by Crippen LogP contribution is 2.42. The van der Waals surface area contributed by atoms with Crippen LogP contribution in [0.15, 0.2) is 22.7 Å². The SMILES string of the molecule is CC1(C)C(O)CC1Nc1ccc(Br)cc1C(=O)O. The highest BCUT2D eigenvalue weighted by atomic mass is 79.9. The summed E-state index contributed by atoms with van der Waals surface area (Å²) in [5.74, 6) is -0.962. The molecule has 5 heteroatoms. The summed E-state index contributed by atoms with van der Waals surface area (Å²) in [5, 5.41) is 22.1. The lowest BCUT2D eigenvalue weighted by molar-refractivity contribution is -0.0510. The van der Waals surface area contributed by atoms with Gasteiger partial charge >= 0.3 is 5.97 Å². The number of hydrogen-bond acceptors (Lipinski definition) is 3.